The molecule has 3 aromatic carbocycles. The van der Waals surface area contributed by atoms with Gasteiger partial charge >= 0.3 is 0 Å². The van der Waals surface area contributed by atoms with Gasteiger partial charge < -0.3 is 9.84 Å². The van der Waals surface area contributed by atoms with E-state index in [0.717, 1.165) is 11.3 Å². The molecule has 33 heavy (non-hydrogen) atoms. The average molecular weight is 460 g/mol. The summed E-state index contributed by atoms with van der Waals surface area (Å²) in [4.78, 5) is 12.3. The molecule has 0 aliphatic carbocycles. The van der Waals surface area contributed by atoms with Crippen LogP contribution in [0.15, 0.2) is 89.1 Å². The van der Waals surface area contributed by atoms with Crippen molar-refractivity contribution in [1.29, 1.82) is 0 Å². The minimum absolute atomic E-state index is 0.0446. The molecule has 0 fully saturated rings. The molecule has 0 aliphatic rings. The van der Waals surface area contributed by atoms with Crippen molar-refractivity contribution in [2.45, 2.75) is 5.16 Å². The number of amides is 1. The Kier molecular flexibility index (Phi) is 7.01. The molecule has 1 heterocycles. The lowest BCUT2D eigenvalue weighted by Crippen LogP contribution is -2.20. The lowest BCUT2D eigenvalue weighted by molar-refractivity contribution is -0.118. The van der Waals surface area contributed by atoms with E-state index >= 15 is 0 Å². The Bertz CT molecular complexity index is 1260. The minimum Gasteiger partial charge on any atom is -0.504 e. The van der Waals surface area contributed by atoms with Crippen molar-refractivity contribution in [2.24, 2.45) is 5.10 Å². The van der Waals surface area contributed by atoms with E-state index in [-0.39, 0.29) is 17.4 Å². The summed E-state index contributed by atoms with van der Waals surface area (Å²) in [6, 6.07) is 24.5. The summed E-state index contributed by atoms with van der Waals surface area (Å²) in [5.41, 5.74) is 4.72. The van der Waals surface area contributed by atoms with Gasteiger partial charge in [0.15, 0.2) is 22.5 Å². The molecule has 0 saturated heterocycles. The van der Waals surface area contributed by atoms with Gasteiger partial charge in [0.2, 0.25) is 0 Å². The summed E-state index contributed by atoms with van der Waals surface area (Å²) in [6.07, 6.45) is 1.36. The van der Waals surface area contributed by atoms with Crippen LogP contribution < -0.4 is 10.2 Å². The second-order valence-corrected chi connectivity index (χ2v) is 7.77. The van der Waals surface area contributed by atoms with Crippen LogP contribution in [-0.2, 0) is 4.79 Å². The van der Waals surface area contributed by atoms with Gasteiger partial charge in [-0.25, -0.2) is 5.43 Å². The number of nitrogens with one attached hydrogen (secondary N) is 1. The number of carbonyl (C=O) groups is 1. The Morgan fingerprint density at radius 2 is 1.79 bits per heavy atom. The normalized spacial score (nSPS) is 10.9. The van der Waals surface area contributed by atoms with Gasteiger partial charge in [0, 0.05) is 16.8 Å². The predicted octanol–water partition coefficient (Wildman–Crippen LogP) is 3.89. The Balaban J connectivity index is 1.47. The smallest absolute Gasteiger partial charge is 0.250 e. The maximum absolute atomic E-state index is 12.3. The summed E-state index contributed by atoms with van der Waals surface area (Å²) in [5.74, 6) is 0.743. The predicted molar refractivity (Wildman–Crippen MR) is 128 cm³/mol. The summed E-state index contributed by atoms with van der Waals surface area (Å²) >= 11 is 1.25. The van der Waals surface area contributed by atoms with Gasteiger partial charge in [-0.15, -0.1) is 10.2 Å². The first-order valence-electron chi connectivity index (χ1n) is 10.0. The number of benzene rings is 3. The number of aromatic nitrogens is 3. The Morgan fingerprint density at radius 3 is 2.52 bits per heavy atom. The van der Waals surface area contributed by atoms with Crippen LogP contribution in [0.4, 0.5) is 0 Å². The van der Waals surface area contributed by atoms with E-state index in [4.69, 9.17) is 4.74 Å². The van der Waals surface area contributed by atoms with Crippen LogP contribution in [0.2, 0.25) is 0 Å². The van der Waals surface area contributed by atoms with Crippen molar-refractivity contribution in [1.82, 2.24) is 20.2 Å². The lowest BCUT2D eigenvalue weighted by Gasteiger charge is -2.10. The quantitative estimate of drug-likeness (QED) is 0.235. The molecule has 0 aliphatic heterocycles. The summed E-state index contributed by atoms with van der Waals surface area (Å²) in [6.45, 7) is 0. The number of methoxy groups -OCH3 is 1. The fourth-order valence-electron chi connectivity index (χ4n) is 3.09. The van der Waals surface area contributed by atoms with E-state index in [9.17, 15) is 9.90 Å². The first-order valence-corrected chi connectivity index (χ1v) is 11.0. The number of hydrogen-bond acceptors (Lipinski definition) is 7. The highest BCUT2D eigenvalue weighted by Gasteiger charge is 2.17. The monoisotopic (exact) mass is 459 g/mol. The van der Waals surface area contributed by atoms with Crippen LogP contribution in [0.25, 0.3) is 17.1 Å². The molecule has 8 nitrogen and oxygen atoms in total. The van der Waals surface area contributed by atoms with E-state index in [1.54, 1.807) is 18.2 Å². The summed E-state index contributed by atoms with van der Waals surface area (Å²) < 4.78 is 6.99. The lowest BCUT2D eigenvalue weighted by atomic mass is 10.2. The Hall–Kier alpha value is -4.11. The van der Waals surface area contributed by atoms with E-state index in [1.165, 1.54) is 25.1 Å². The minimum atomic E-state index is -0.317. The van der Waals surface area contributed by atoms with Crippen molar-refractivity contribution < 1.29 is 14.6 Å². The molecule has 9 heteroatoms. The SMILES string of the molecule is COc1cccc(/C=N\NC(=O)CSc2nnc(-c3ccccc3)n2-c2ccccc2)c1O. The Morgan fingerprint density at radius 1 is 1.06 bits per heavy atom. The largest absolute Gasteiger partial charge is 0.504 e. The maximum Gasteiger partial charge on any atom is 0.250 e. The average Bonchev–Trinajstić information content (AvgIpc) is 3.29. The van der Waals surface area contributed by atoms with E-state index < -0.39 is 0 Å². The third-order valence-electron chi connectivity index (χ3n) is 4.66. The van der Waals surface area contributed by atoms with Crippen molar-refractivity contribution >= 4 is 23.9 Å². The van der Waals surface area contributed by atoms with Crippen molar-refractivity contribution in [3.63, 3.8) is 0 Å². The zero-order chi connectivity index (χ0) is 23.0. The van der Waals surface area contributed by atoms with Crippen LogP contribution in [0.3, 0.4) is 0 Å². The third-order valence-corrected chi connectivity index (χ3v) is 5.58. The second-order valence-electron chi connectivity index (χ2n) is 6.82. The number of hydrazone groups is 1. The Labute approximate surface area is 194 Å². The van der Waals surface area contributed by atoms with E-state index in [1.807, 2.05) is 65.2 Å². The molecule has 1 amide bonds. The number of rotatable bonds is 8. The first kappa shape index (κ1) is 22.1. The highest BCUT2D eigenvalue weighted by molar-refractivity contribution is 7.99. The molecule has 0 radical (unpaired) electrons. The standard InChI is InChI=1S/C24H21N5O3S/c1-32-20-14-8-11-18(22(20)31)15-25-26-21(30)16-33-24-28-27-23(17-9-4-2-5-10-17)29(24)19-12-6-3-7-13-19/h2-15,31H,16H2,1H3,(H,26,30)/b25-15-. The summed E-state index contributed by atoms with van der Waals surface area (Å²) in [5, 5.41) is 23.3. The number of aromatic hydroxyl groups is 1. The number of thioether (sulfide) groups is 1. The molecule has 166 valence electrons. The van der Waals surface area contributed by atoms with Crippen LogP contribution >= 0.6 is 11.8 Å². The molecule has 0 atom stereocenters. The highest BCUT2D eigenvalue weighted by Crippen LogP contribution is 2.29. The van der Waals surface area contributed by atoms with Crippen LogP contribution in [0.5, 0.6) is 11.5 Å². The fourth-order valence-corrected chi connectivity index (χ4v) is 3.84. The molecule has 4 rings (SSSR count). The van der Waals surface area contributed by atoms with Gasteiger partial charge in [-0.1, -0.05) is 66.4 Å². The fraction of sp³-hybridized carbons (Fsp3) is 0.0833. The van der Waals surface area contributed by atoms with Gasteiger partial charge in [0.25, 0.3) is 5.91 Å². The second kappa shape index (κ2) is 10.5. The first-order chi connectivity index (χ1) is 16.2. The van der Waals surface area contributed by atoms with Crippen molar-refractivity contribution in [3.8, 4) is 28.6 Å². The molecule has 0 bridgehead atoms. The van der Waals surface area contributed by atoms with Gasteiger partial charge in [-0.3, -0.25) is 9.36 Å². The van der Waals surface area contributed by atoms with Gasteiger partial charge in [-0.2, -0.15) is 5.10 Å². The molecule has 4 aromatic rings. The number of ether oxygens (including phenoxy) is 1. The number of nitrogens with zero attached hydrogens (tertiary/aromatic N) is 4. The van der Waals surface area contributed by atoms with Crippen LogP contribution in [0.1, 0.15) is 5.56 Å². The molecule has 1 aromatic heterocycles. The van der Waals surface area contributed by atoms with Crippen LogP contribution in [-0.4, -0.2) is 44.9 Å². The molecule has 0 spiro atoms. The van der Waals surface area contributed by atoms with Gasteiger partial charge in [0.1, 0.15) is 0 Å². The topological polar surface area (TPSA) is 102 Å². The van der Waals surface area contributed by atoms with E-state index in [2.05, 4.69) is 20.7 Å². The molecule has 2 N–H and O–H groups in total. The van der Waals surface area contributed by atoms with Crippen molar-refractivity contribution in [3.05, 3.63) is 84.4 Å². The van der Waals surface area contributed by atoms with E-state index in [0.29, 0.717) is 22.3 Å². The third kappa shape index (κ3) is 5.21. The highest BCUT2D eigenvalue weighted by atomic mass is 32.2. The molecule has 0 saturated carbocycles. The number of phenols is 1. The van der Waals surface area contributed by atoms with Crippen molar-refractivity contribution in [2.75, 3.05) is 12.9 Å². The molecule has 0 unspecified atom stereocenters. The number of carbonyl (C=O) groups excluding carboxylic acids is 1. The number of hydrogen-bond donors (Lipinski definition) is 2. The number of para-hydroxylation sites is 2. The van der Waals surface area contributed by atoms with Gasteiger partial charge in [-0.05, 0) is 24.3 Å². The zero-order valence-corrected chi connectivity index (χ0v) is 18.6. The summed E-state index contributed by atoms with van der Waals surface area (Å²) in [7, 11) is 1.46. The maximum atomic E-state index is 12.3. The van der Waals surface area contributed by atoms with Gasteiger partial charge in [0.05, 0.1) is 19.1 Å². The van der Waals surface area contributed by atoms with Crippen LogP contribution in [0, 0.1) is 0 Å². The zero-order valence-electron chi connectivity index (χ0n) is 17.8. The number of phenolic OH excluding ortho intramolecular Hbond substituents is 1. The molecular weight excluding hydrogens is 438 g/mol. The molecular formula is C24H21N5O3S.